The molecular weight excluding hydrogens is 360 g/mol. The number of amides is 1. The van der Waals surface area contributed by atoms with Crippen molar-refractivity contribution in [3.8, 4) is 0 Å². The molecule has 0 unspecified atom stereocenters. The van der Waals surface area contributed by atoms with Crippen LogP contribution in [0.4, 0.5) is 5.82 Å². The van der Waals surface area contributed by atoms with Crippen molar-refractivity contribution < 1.29 is 4.79 Å². The molecule has 0 aromatic carbocycles. The molecule has 1 amide bonds. The lowest BCUT2D eigenvalue weighted by atomic mass is 10.2. The van der Waals surface area contributed by atoms with E-state index in [4.69, 9.17) is 11.6 Å². The van der Waals surface area contributed by atoms with Crippen LogP contribution in [0.25, 0.3) is 11.0 Å². The van der Waals surface area contributed by atoms with Crippen LogP contribution in [-0.2, 0) is 11.3 Å². The van der Waals surface area contributed by atoms with Gasteiger partial charge in [0.1, 0.15) is 5.82 Å². The Hall–Kier alpha value is -1.54. The van der Waals surface area contributed by atoms with E-state index in [-0.39, 0.29) is 5.91 Å². The second-order valence-electron chi connectivity index (χ2n) is 6.08. The molecule has 2 heterocycles. The number of carbonyl (C=O) groups excluding carboxylic acids is 1. The van der Waals surface area contributed by atoms with Crippen LogP contribution in [0.15, 0.2) is 11.4 Å². The summed E-state index contributed by atoms with van der Waals surface area (Å²) in [6, 6.07) is 0. The van der Waals surface area contributed by atoms with Crippen molar-refractivity contribution in [1.82, 2.24) is 25.1 Å². The predicted molar refractivity (Wildman–Crippen MR) is 103 cm³/mol. The largest absolute Gasteiger partial charge is 0.369 e. The van der Waals surface area contributed by atoms with E-state index in [0.29, 0.717) is 42.9 Å². The Morgan fingerprint density at radius 3 is 2.88 bits per heavy atom. The molecule has 0 saturated carbocycles. The summed E-state index contributed by atoms with van der Waals surface area (Å²) in [5.74, 6) is 1.83. The molecule has 0 aliphatic heterocycles. The molecule has 25 heavy (non-hydrogen) atoms. The lowest BCUT2D eigenvalue weighted by Crippen LogP contribution is -2.27. The SMILES string of the molecule is CSc1nc(NCC(C)C)c2cnn(CCNC(=O)CCCCl)c2n1. The predicted octanol–water partition coefficient (Wildman–Crippen LogP) is 2.75. The van der Waals surface area contributed by atoms with Gasteiger partial charge >= 0.3 is 0 Å². The fourth-order valence-corrected chi connectivity index (χ4v) is 2.74. The van der Waals surface area contributed by atoms with E-state index in [9.17, 15) is 4.79 Å². The summed E-state index contributed by atoms with van der Waals surface area (Å²) < 4.78 is 1.80. The van der Waals surface area contributed by atoms with E-state index in [0.717, 1.165) is 23.4 Å². The van der Waals surface area contributed by atoms with Crippen molar-refractivity contribution in [1.29, 1.82) is 0 Å². The van der Waals surface area contributed by atoms with Gasteiger partial charge in [0.25, 0.3) is 0 Å². The summed E-state index contributed by atoms with van der Waals surface area (Å²) in [4.78, 5) is 20.8. The Bertz CT molecular complexity index is 705. The Morgan fingerprint density at radius 2 is 2.20 bits per heavy atom. The number of nitrogens with zero attached hydrogens (tertiary/aromatic N) is 4. The molecule has 2 rings (SSSR count). The summed E-state index contributed by atoms with van der Waals surface area (Å²) in [6.45, 7) is 6.20. The van der Waals surface area contributed by atoms with Crippen LogP contribution in [0.1, 0.15) is 26.7 Å². The Labute approximate surface area is 157 Å². The lowest BCUT2D eigenvalue weighted by molar-refractivity contribution is -0.121. The highest BCUT2D eigenvalue weighted by Gasteiger charge is 2.13. The molecular formula is C16H25ClN6OS. The standard InChI is InChI=1S/C16H25ClN6OS/c1-11(2)9-19-14-12-10-20-23(15(12)22-16(21-14)25-3)8-7-18-13(24)5-4-6-17/h10-11H,4-9H2,1-3H3,(H,18,24)(H,19,21,22). The van der Waals surface area contributed by atoms with Crippen LogP contribution in [0.2, 0.25) is 0 Å². The van der Waals surface area contributed by atoms with Crippen LogP contribution in [0, 0.1) is 5.92 Å². The van der Waals surface area contributed by atoms with Crippen molar-refractivity contribution in [2.24, 2.45) is 5.92 Å². The Balaban J connectivity index is 2.10. The first-order chi connectivity index (χ1) is 12.0. The molecule has 2 aromatic rings. The number of nitrogens with one attached hydrogen (secondary N) is 2. The number of halogens is 1. The highest BCUT2D eigenvalue weighted by atomic mass is 35.5. The molecule has 138 valence electrons. The summed E-state index contributed by atoms with van der Waals surface area (Å²) in [6.07, 6.45) is 4.86. The topological polar surface area (TPSA) is 84.7 Å². The van der Waals surface area contributed by atoms with Crippen molar-refractivity contribution in [2.75, 3.05) is 30.5 Å². The number of thioether (sulfide) groups is 1. The van der Waals surface area contributed by atoms with Gasteiger partial charge in [-0.2, -0.15) is 5.10 Å². The number of rotatable bonds is 10. The first kappa shape index (κ1) is 19.8. The Morgan fingerprint density at radius 1 is 1.40 bits per heavy atom. The normalized spacial score (nSPS) is 11.2. The average molecular weight is 385 g/mol. The molecule has 2 N–H and O–H groups in total. The zero-order valence-corrected chi connectivity index (χ0v) is 16.5. The molecule has 0 bridgehead atoms. The number of fused-ring (bicyclic) bond motifs is 1. The van der Waals surface area contributed by atoms with Crippen molar-refractivity contribution >= 4 is 46.1 Å². The minimum atomic E-state index is 0.0100. The van der Waals surface area contributed by atoms with Gasteiger partial charge in [-0.3, -0.25) is 4.79 Å². The van der Waals surface area contributed by atoms with Crippen LogP contribution in [-0.4, -0.2) is 50.9 Å². The molecule has 7 nitrogen and oxygen atoms in total. The van der Waals surface area contributed by atoms with Gasteiger partial charge < -0.3 is 10.6 Å². The van der Waals surface area contributed by atoms with Gasteiger partial charge in [-0.05, 0) is 18.6 Å². The van der Waals surface area contributed by atoms with Gasteiger partial charge in [-0.25, -0.2) is 14.6 Å². The zero-order valence-electron chi connectivity index (χ0n) is 14.9. The first-order valence-corrected chi connectivity index (χ1v) is 10.1. The maximum absolute atomic E-state index is 11.7. The van der Waals surface area contributed by atoms with Crippen LogP contribution < -0.4 is 10.6 Å². The fraction of sp³-hybridized carbons (Fsp3) is 0.625. The van der Waals surface area contributed by atoms with Gasteiger partial charge in [0.2, 0.25) is 5.91 Å². The van der Waals surface area contributed by atoms with Gasteiger partial charge in [0.15, 0.2) is 10.8 Å². The smallest absolute Gasteiger partial charge is 0.220 e. The minimum absolute atomic E-state index is 0.0100. The van der Waals surface area contributed by atoms with Crippen molar-refractivity contribution in [3.05, 3.63) is 6.20 Å². The maximum Gasteiger partial charge on any atom is 0.220 e. The molecule has 0 saturated heterocycles. The third-order valence-corrected chi connectivity index (χ3v) is 4.33. The molecule has 0 atom stereocenters. The average Bonchev–Trinajstić information content (AvgIpc) is 3.00. The van der Waals surface area contributed by atoms with Gasteiger partial charge in [0.05, 0.1) is 18.1 Å². The van der Waals surface area contributed by atoms with Crippen LogP contribution >= 0.6 is 23.4 Å². The number of anilines is 1. The second kappa shape index (κ2) is 9.82. The van der Waals surface area contributed by atoms with Crippen LogP contribution in [0.3, 0.4) is 0 Å². The number of hydrogen-bond acceptors (Lipinski definition) is 6. The summed E-state index contributed by atoms with van der Waals surface area (Å²) >= 11 is 7.09. The number of aromatic nitrogens is 4. The lowest BCUT2D eigenvalue weighted by Gasteiger charge is -2.10. The van der Waals surface area contributed by atoms with Crippen molar-refractivity contribution in [2.45, 2.75) is 38.4 Å². The third kappa shape index (κ3) is 5.74. The molecule has 0 aliphatic carbocycles. The van der Waals surface area contributed by atoms with Crippen LogP contribution in [0.5, 0.6) is 0 Å². The number of carbonyl (C=O) groups is 1. The molecule has 0 spiro atoms. The minimum Gasteiger partial charge on any atom is -0.369 e. The maximum atomic E-state index is 11.7. The highest BCUT2D eigenvalue weighted by Crippen LogP contribution is 2.23. The summed E-state index contributed by atoms with van der Waals surface area (Å²) in [5.41, 5.74) is 0.778. The van der Waals surface area contributed by atoms with E-state index in [1.54, 1.807) is 10.9 Å². The van der Waals surface area contributed by atoms with Gasteiger partial charge in [-0.1, -0.05) is 25.6 Å². The monoisotopic (exact) mass is 384 g/mol. The number of alkyl halides is 1. The highest BCUT2D eigenvalue weighted by molar-refractivity contribution is 7.98. The Kier molecular flexibility index (Phi) is 7.77. The number of hydrogen-bond donors (Lipinski definition) is 2. The summed E-state index contributed by atoms with van der Waals surface area (Å²) in [5, 5.41) is 12.3. The quantitative estimate of drug-likeness (QED) is 0.372. The summed E-state index contributed by atoms with van der Waals surface area (Å²) in [7, 11) is 0. The molecule has 0 radical (unpaired) electrons. The second-order valence-corrected chi connectivity index (χ2v) is 7.23. The van der Waals surface area contributed by atoms with E-state index in [1.165, 1.54) is 11.8 Å². The third-order valence-electron chi connectivity index (χ3n) is 3.52. The molecule has 0 aliphatic rings. The van der Waals surface area contributed by atoms with E-state index in [2.05, 4.69) is 39.5 Å². The van der Waals surface area contributed by atoms with Crippen molar-refractivity contribution in [3.63, 3.8) is 0 Å². The molecule has 0 fully saturated rings. The van der Waals surface area contributed by atoms with E-state index >= 15 is 0 Å². The molecule has 9 heteroatoms. The molecule has 2 aromatic heterocycles. The van der Waals surface area contributed by atoms with Gasteiger partial charge in [0, 0.05) is 25.4 Å². The van der Waals surface area contributed by atoms with E-state index < -0.39 is 0 Å². The first-order valence-electron chi connectivity index (χ1n) is 8.39. The zero-order chi connectivity index (χ0) is 18.2. The van der Waals surface area contributed by atoms with E-state index in [1.807, 2.05) is 6.26 Å². The van der Waals surface area contributed by atoms with Gasteiger partial charge in [-0.15, -0.1) is 11.6 Å². The fourth-order valence-electron chi connectivity index (χ4n) is 2.24.